The van der Waals surface area contributed by atoms with E-state index in [1.807, 2.05) is 25.1 Å². The second kappa shape index (κ2) is 7.09. The molecule has 7 heteroatoms. The van der Waals surface area contributed by atoms with Crippen LogP contribution in [0.5, 0.6) is 5.75 Å². The van der Waals surface area contributed by atoms with Crippen molar-refractivity contribution < 1.29 is 13.5 Å². The number of hydrogen-bond donors (Lipinski definition) is 2. The number of sulfonamides is 1. The molecule has 3 aromatic rings. The monoisotopic (exact) mass is 432 g/mol. The highest BCUT2D eigenvalue weighted by atomic mass is 79.9. The van der Waals surface area contributed by atoms with Crippen LogP contribution >= 0.6 is 15.9 Å². The Kier molecular flexibility index (Phi) is 5.02. The van der Waals surface area contributed by atoms with Crippen molar-refractivity contribution >= 4 is 42.9 Å². The summed E-state index contributed by atoms with van der Waals surface area (Å²) in [5.74, 6) is 0.0225. The van der Waals surface area contributed by atoms with Gasteiger partial charge >= 0.3 is 0 Å². The molecule has 3 aromatic carbocycles. The SMILES string of the molecule is Cc1ccc(S(=O)(=O)N/N=C/c2c(O)ccc3cc(Br)ccc23)c(C)c1. The summed E-state index contributed by atoms with van der Waals surface area (Å²) in [5, 5.41) is 15.6. The Balaban J connectivity index is 1.93. The number of nitrogens with zero attached hydrogens (tertiary/aromatic N) is 1. The number of benzene rings is 3. The van der Waals surface area contributed by atoms with Crippen LogP contribution in [0.4, 0.5) is 0 Å². The molecule has 0 radical (unpaired) electrons. The van der Waals surface area contributed by atoms with E-state index in [0.29, 0.717) is 11.1 Å². The van der Waals surface area contributed by atoms with Crippen molar-refractivity contribution in [2.24, 2.45) is 5.10 Å². The fourth-order valence-corrected chi connectivity index (χ4v) is 4.16. The molecule has 134 valence electrons. The highest BCUT2D eigenvalue weighted by Gasteiger charge is 2.15. The van der Waals surface area contributed by atoms with E-state index in [2.05, 4.69) is 25.9 Å². The molecule has 0 aromatic heterocycles. The average molecular weight is 433 g/mol. The second-order valence-electron chi connectivity index (χ2n) is 5.99. The number of fused-ring (bicyclic) bond motifs is 1. The van der Waals surface area contributed by atoms with Gasteiger partial charge in [0.15, 0.2) is 0 Å². The van der Waals surface area contributed by atoms with Crippen molar-refractivity contribution in [3.63, 3.8) is 0 Å². The summed E-state index contributed by atoms with van der Waals surface area (Å²) in [4.78, 5) is 2.38. The molecule has 0 spiro atoms. The first kappa shape index (κ1) is 18.4. The van der Waals surface area contributed by atoms with E-state index in [4.69, 9.17) is 0 Å². The normalized spacial score (nSPS) is 12.0. The predicted molar refractivity (Wildman–Crippen MR) is 107 cm³/mol. The van der Waals surface area contributed by atoms with Gasteiger partial charge in [0.1, 0.15) is 5.75 Å². The Morgan fingerprint density at radius 1 is 1.08 bits per heavy atom. The number of halogens is 1. The molecular weight excluding hydrogens is 416 g/mol. The highest BCUT2D eigenvalue weighted by Crippen LogP contribution is 2.28. The smallest absolute Gasteiger partial charge is 0.276 e. The van der Waals surface area contributed by atoms with E-state index in [0.717, 1.165) is 20.8 Å². The topological polar surface area (TPSA) is 78.8 Å². The van der Waals surface area contributed by atoms with Gasteiger partial charge in [0, 0.05) is 10.0 Å². The van der Waals surface area contributed by atoms with Crippen LogP contribution in [-0.2, 0) is 10.0 Å². The van der Waals surface area contributed by atoms with Gasteiger partial charge in [-0.15, -0.1) is 0 Å². The molecule has 0 aliphatic carbocycles. The van der Waals surface area contributed by atoms with Crippen molar-refractivity contribution in [3.05, 3.63) is 69.7 Å². The van der Waals surface area contributed by atoms with Gasteiger partial charge in [0.05, 0.1) is 11.1 Å². The lowest BCUT2D eigenvalue weighted by Crippen LogP contribution is -2.19. The molecule has 0 heterocycles. The average Bonchev–Trinajstić information content (AvgIpc) is 2.56. The third kappa shape index (κ3) is 3.73. The maximum atomic E-state index is 12.5. The summed E-state index contributed by atoms with van der Waals surface area (Å²) < 4.78 is 25.8. The molecule has 0 saturated heterocycles. The second-order valence-corrected chi connectivity index (χ2v) is 8.53. The molecule has 0 amide bonds. The molecule has 0 fully saturated rings. The molecule has 0 saturated carbocycles. The summed E-state index contributed by atoms with van der Waals surface area (Å²) in [6.07, 6.45) is 1.31. The minimum absolute atomic E-state index is 0.0225. The molecule has 2 N–H and O–H groups in total. The van der Waals surface area contributed by atoms with E-state index >= 15 is 0 Å². The summed E-state index contributed by atoms with van der Waals surface area (Å²) in [7, 11) is -3.79. The van der Waals surface area contributed by atoms with E-state index in [1.54, 1.807) is 37.3 Å². The first-order chi connectivity index (χ1) is 12.3. The lowest BCUT2D eigenvalue weighted by molar-refractivity contribution is 0.475. The molecule has 5 nitrogen and oxygen atoms in total. The van der Waals surface area contributed by atoms with E-state index in [9.17, 15) is 13.5 Å². The number of aromatic hydroxyl groups is 1. The molecule has 3 rings (SSSR count). The number of phenols is 1. The largest absolute Gasteiger partial charge is 0.507 e. The minimum atomic E-state index is -3.79. The van der Waals surface area contributed by atoms with E-state index in [-0.39, 0.29) is 10.6 Å². The predicted octanol–water partition coefficient (Wildman–Crippen LogP) is 4.24. The zero-order chi connectivity index (χ0) is 18.9. The summed E-state index contributed by atoms with van der Waals surface area (Å²) in [6.45, 7) is 3.64. The maximum Gasteiger partial charge on any atom is 0.276 e. The Morgan fingerprint density at radius 2 is 1.85 bits per heavy atom. The van der Waals surface area contributed by atoms with Crippen molar-refractivity contribution in [3.8, 4) is 5.75 Å². The summed E-state index contributed by atoms with van der Waals surface area (Å²) in [6, 6.07) is 14.0. The number of rotatable bonds is 4. The number of nitrogens with one attached hydrogen (secondary N) is 1. The van der Waals surface area contributed by atoms with E-state index < -0.39 is 10.0 Å². The Morgan fingerprint density at radius 3 is 2.58 bits per heavy atom. The summed E-state index contributed by atoms with van der Waals surface area (Å²) >= 11 is 3.40. The number of hydrogen-bond acceptors (Lipinski definition) is 4. The van der Waals surface area contributed by atoms with Gasteiger partial charge in [-0.25, -0.2) is 4.83 Å². The number of hydrazone groups is 1. The van der Waals surface area contributed by atoms with Gasteiger partial charge in [-0.2, -0.15) is 13.5 Å². The van der Waals surface area contributed by atoms with Crippen LogP contribution in [0.3, 0.4) is 0 Å². The van der Waals surface area contributed by atoms with Gasteiger partial charge in [-0.1, -0.05) is 45.8 Å². The molecule has 0 aliphatic rings. The quantitative estimate of drug-likeness (QED) is 0.477. The van der Waals surface area contributed by atoms with Crippen molar-refractivity contribution in [1.82, 2.24) is 4.83 Å². The first-order valence-electron chi connectivity index (χ1n) is 7.81. The highest BCUT2D eigenvalue weighted by molar-refractivity contribution is 9.10. The molecule has 26 heavy (non-hydrogen) atoms. The van der Waals surface area contributed by atoms with E-state index in [1.165, 1.54) is 6.21 Å². The van der Waals surface area contributed by atoms with Gasteiger partial charge in [0.2, 0.25) is 0 Å². The van der Waals surface area contributed by atoms with Crippen LogP contribution < -0.4 is 4.83 Å². The van der Waals surface area contributed by atoms with Crippen molar-refractivity contribution in [1.29, 1.82) is 0 Å². The van der Waals surface area contributed by atoms with Crippen LogP contribution in [-0.4, -0.2) is 19.7 Å². The van der Waals surface area contributed by atoms with Crippen LogP contribution in [0.25, 0.3) is 10.8 Å². The zero-order valence-corrected chi connectivity index (χ0v) is 16.6. The first-order valence-corrected chi connectivity index (χ1v) is 10.1. The third-order valence-electron chi connectivity index (χ3n) is 3.99. The molecule has 0 aliphatic heterocycles. The van der Waals surface area contributed by atoms with Crippen molar-refractivity contribution in [2.45, 2.75) is 18.7 Å². The van der Waals surface area contributed by atoms with Crippen LogP contribution in [0.1, 0.15) is 16.7 Å². The molecule has 0 atom stereocenters. The fraction of sp³-hybridized carbons (Fsp3) is 0.105. The van der Waals surface area contributed by atoms with Crippen LogP contribution in [0.2, 0.25) is 0 Å². The van der Waals surface area contributed by atoms with Gasteiger partial charge < -0.3 is 5.11 Å². The van der Waals surface area contributed by atoms with Crippen LogP contribution in [0.15, 0.2) is 63.0 Å². The fourth-order valence-electron chi connectivity index (χ4n) is 2.76. The Hall–Kier alpha value is -2.38. The van der Waals surface area contributed by atoms with Crippen molar-refractivity contribution in [2.75, 3.05) is 0 Å². The Bertz CT molecular complexity index is 1130. The van der Waals surface area contributed by atoms with Gasteiger partial charge in [-0.05, 0) is 54.4 Å². The Labute approximate surface area is 160 Å². The lowest BCUT2D eigenvalue weighted by atomic mass is 10.0. The molecule has 0 unspecified atom stereocenters. The molecule has 0 bridgehead atoms. The lowest BCUT2D eigenvalue weighted by Gasteiger charge is -2.08. The molecular formula is C19H17BrN2O3S. The summed E-state index contributed by atoms with van der Waals surface area (Å²) in [5.41, 5.74) is 2.07. The minimum Gasteiger partial charge on any atom is -0.507 e. The number of aryl methyl sites for hydroxylation is 2. The third-order valence-corrected chi connectivity index (χ3v) is 5.86. The standard InChI is InChI=1S/C19H17BrN2O3S/c1-12-3-8-19(13(2)9-12)26(24,25)22-21-11-17-16-6-5-15(20)10-14(16)4-7-18(17)23/h3-11,22-23H,1-2H3/b21-11+. The van der Waals surface area contributed by atoms with Crippen LogP contribution in [0, 0.1) is 13.8 Å². The zero-order valence-electron chi connectivity index (χ0n) is 14.2. The van der Waals surface area contributed by atoms with Gasteiger partial charge in [-0.3, -0.25) is 0 Å². The maximum absolute atomic E-state index is 12.5. The van der Waals surface area contributed by atoms with Gasteiger partial charge in [0.25, 0.3) is 10.0 Å². The number of phenolic OH excluding ortho intramolecular Hbond substituents is 1.